The lowest BCUT2D eigenvalue weighted by Crippen LogP contribution is -2.35. The lowest BCUT2D eigenvalue weighted by Gasteiger charge is -2.45. The van der Waals surface area contributed by atoms with E-state index in [9.17, 15) is 0 Å². The average molecular weight is 182 g/mol. The van der Waals surface area contributed by atoms with Gasteiger partial charge in [-0.1, -0.05) is 61.3 Å². The highest BCUT2D eigenvalue weighted by molar-refractivity contribution is 5.02. The lowest BCUT2D eigenvalue weighted by atomic mass is 9.60. The fraction of sp³-hybridized carbons (Fsp3) is 0.846. The molecular weight excluding hydrogens is 156 g/mol. The van der Waals surface area contributed by atoms with Crippen LogP contribution in [0.3, 0.4) is 0 Å². The maximum Gasteiger partial charge on any atom is -0.0241 e. The monoisotopic (exact) mass is 182 g/mol. The fourth-order valence-electron chi connectivity index (χ4n) is 1.56. The SMILES string of the molecule is [CH2]CCCC(C)(C)C(C)(C)[C](C)C. The molecule has 0 bridgehead atoms. The number of hydrogen-bond acceptors (Lipinski definition) is 0. The van der Waals surface area contributed by atoms with Gasteiger partial charge in [0.2, 0.25) is 0 Å². The zero-order valence-corrected chi connectivity index (χ0v) is 10.3. The Morgan fingerprint density at radius 1 is 1.08 bits per heavy atom. The van der Waals surface area contributed by atoms with Crippen LogP contribution in [0.4, 0.5) is 0 Å². The number of unbranched alkanes of at least 4 members (excludes halogenated alkanes) is 1. The Morgan fingerprint density at radius 3 is 1.85 bits per heavy atom. The Hall–Kier alpha value is 0. The van der Waals surface area contributed by atoms with Crippen molar-refractivity contribution in [3.63, 3.8) is 0 Å². The molecule has 78 valence electrons. The summed E-state index contributed by atoms with van der Waals surface area (Å²) in [6.07, 6.45) is 3.57. The standard InChI is InChI=1S/C13H26/c1-8-9-10-12(4,5)13(6,7)11(2)3/h1,8-10H2,2-7H3. The summed E-state index contributed by atoms with van der Waals surface area (Å²) in [5, 5.41) is 0. The van der Waals surface area contributed by atoms with E-state index in [1.807, 2.05) is 0 Å². The molecule has 0 aromatic rings. The molecule has 0 heterocycles. The number of rotatable bonds is 5. The molecule has 0 aliphatic carbocycles. The van der Waals surface area contributed by atoms with E-state index in [-0.39, 0.29) is 0 Å². The largest absolute Gasteiger partial charge is 0.0594 e. The summed E-state index contributed by atoms with van der Waals surface area (Å²) in [6, 6.07) is 0. The van der Waals surface area contributed by atoms with Gasteiger partial charge < -0.3 is 0 Å². The molecule has 0 fully saturated rings. The highest BCUT2D eigenvalue weighted by Gasteiger charge is 2.38. The van der Waals surface area contributed by atoms with Crippen molar-refractivity contribution in [1.29, 1.82) is 0 Å². The Kier molecular flexibility index (Phi) is 4.48. The fourth-order valence-corrected chi connectivity index (χ4v) is 1.56. The first-order valence-corrected chi connectivity index (χ1v) is 5.35. The normalized spacial score (nSPS) is 13.8. The van der Waals surface area contributed by atoms with Crippen LogP contribution in [0, 0.1) is 23.7 Å². The minimum Gasteiger partial charge on any atom is -0.0594 e. The third kappa shape index (κ3) is 3.00. The molecule has 13 heavy (non-hydrogen) atoms. The van der Waals surface area contributed by atoms with Gasteiger partial charge in [-0.15, -0.1) is 0 Å². The average Bonchev–Trinajstić information content (AvgIpc) is 2.00. The van der Waals surface area contributed by atoms with Crippen LogP contribution in [0.15, 0.2) is 0 Å². The molecule has 0 saturated heterocycles. The summed E-state index contributed by atoms with van der Waals surface area (Å²) in [5.41, 5.74) is 0.728. The van der Waals surface area contributed by atoms with E-state index in [2.05, 4.69) is 48.5 Å². The quantitative estimate of drug-likeness (QED) is 0.580. The first-order chi connectivity index (χ1) is 5.75. The Labute approximate surface area is 85.1 Å². The molecule has 0 aliphatic heterocycles. The second kappa shape index (κ2) is 4.48. The topological polar surface area (TPSA) is 0 Å². The van der Waals surface area contributed by atoms with E-state index < -0.39 is 0 Å². The zero-order chi connectivity index (χ0) is 10.7. The zero-order valence-electron chi connectivity index (χ0n) is 10.3. The third-order valence-electron chi connectivity index (χ3n) is 3.99. The van der Waals surface area contributed by atoms with Crippen LogP contribution >= 0.6 is 0 Å². The predicted molar refractivity (Wildman–Crippen MR) is 61.4 cm³/mol. The van der Waals surface area contributed by atoms with Gasteiger partial charge in [0.1, 0.15) is 0 Å². The molecule has 0 amide bonds. The molecule has 0 aliphatic rings. The second-order valence-electron chi connectivity index (χ2n) is 5.47. The van der Waals surface area contributed by atoms with Crippen molar-refractivity contribution < 1.29 is 0 Å². The molecule has 0 aromatic heterocycles. The molecule has 0 rings (SSSR count). The molecule has 0 N–H and O–H groups in total. The van der Waals surface area contributed by atoms with Gasteiger partial charge in [0, 0.05) is 0 Å². The van der Waals surface area contributed by atoms with Gasteiger partial charge >= 0.3 is 0 Å². The van der Waals surface area contributed by atoms with Crippen LogP contribution in [-0.2, 0) is 0 Å². The summed E-state index contributed by atoms with van der Waals surface area (Å²) >= 11 is 0. The predicted octanol–water partition coefficient (Wildman–Crippen LogP) is 4.66. The van der Waals surface area contributed by atoms with Crippen molar-refractivity contribution in [2.75, 3.05) is 0 Å². The van der Waals surface area contributed by atoms with Crippen LogP contribution in [0.25, 0.3) is 0 Å². The molecular formula is C13H26. The van der Waals surface area contributed by atoms with Crippen molar-refractivity contribution >= 4 is 0 Å². The summed E-state index contributed by atoms with van der Waals surface area (Å²) in [5.74, 6) is 1.53. The second-order valence-corrected chi connectivity index (χ2v) is 5.47. The summed E-state index contributed by atoms with van der Waals surface area (Å²) in [4.78, 5) is 0. The van der Waals surface area contributed by atoms with E-state index in [1.54, 1.807) is 0 Å². The number of hydrogen-bond donors (Lipinski definition) is 0. The van der Waals surface area contributed by atoms with Crippen LogP contribution in [0.1, 0.15) is 60.8 Å². The van der Waals surface area contributed by atoms with Crippen molar-refractivity contribution in [3.8, 4) is 0 Å². The minimum atomic E-state index is 0.335. The van der Waals surface area contributed by atoms with Crippen molar-refractivity contribution in [2.45, 2.75) is 60.8 Å². The van der Waals surface area contributed by atoms with Crippen molar-refractivity contribution in [2.24, 2.45) is 10.8 Å². The van der Waals surface area contributed by atoms with E-state index in [4.69, 9.17) is 0 Å². The Morgan fingerprint density at radius 2 is 1.54 bits per heavy atom. The van der Waals surface area contributed by atoms with Gasteiger partial charge in [0.05, 0.1) is 0 Å². The third-order valence-corrected chi connectivity index (χ3v) is 3.99. The van der Waals surface area contributed by atoms with Gasteiger partial charge in [-0.3, -0.25) is 0 Å². The van der Waals surface area contributed by atoms with E-state index in [0.717, 1.165) is 6.42 Å². The highest BCUT2D eigenvalue weighted by Crippen LogP contribution is 2.48. The van der Waals surface area contributed by atoms with Crippen molar-refractivity contribution in [3.05, 3.63) is 12.8 Å². The smallest absolute Gasteiger partial charge is 0.0241 e. The summed E-state index contributed by atoms with van der Waals surface area (Å²) in [6.45, 7) is 17.8. The first kappa shape index (κ1) is 13.0. The van der Waals surface area contributed by atoms with Gasteiger partial charge in [-0.25, -0.2) is 0 Å². The maximum absolute atomic E-state index is 3.91. The minimum absolute atomic E-state index is 0.335. The lowest BCUT2D eigenvalue weighted by molar-refractivity contribution is 0.112. The van der Waals surface area contributed by atoms with E-state index in [1.165, 1.54) is 18.8 Å². The molecule has 0 heteroatoms. The summed E-state index contributed by atoms with van der Waals surface area (Å²) in [7, 11) is 0. The van der Waals surface area contributed by atoms with Gasteiger partial charge in [-0.2, -0.15) is 0 Å². The molecule has 2 radical (unpaired) electrons. The van der Waals surface area contributed by atoms with Gasteiger partial charge in [-0.05, 0) is 23.2 Å². The Bertz CT molecular complexity index is 140. The molecule has 0 atom stereocenters. The van der Waals surface area contributed by atoms with Crippen LogP contribution in [0.5, 0.6) is 0 Å². The first-order valence-electron chi connectivity index (χ1n) is 5.35. The molecule has 0 aromatic carbocycles. The molecule has 0 nitrogen and oxygen atoms in total. The Balaban J connectivity index is 4.41. The van der Waals surface area contributed by atoms with Crippen molar-refractivity contribution in [1.82, 2.24) is 0 Å². The highest BCUT2D eigenvalue weighted by atomic mass is 14.4. The molecule has 0 unspecified atom stereocenters. The summed E-state index contributed by atoms with van der Waals surface area (Å²) < 4.78 is 0. The molecule has 0 spiro atoms. The van der Waals surface area contributed by atoms with Gasteiger partial charge in [0.25, 0.3) is 0 Å². The van der Waals surface area contributed by atoms with Crippen LogP contribution < -0.4 is 0 Å². The van der Waals surface area contributed by atoms with E-state index in [0.29, 0.717) is 10.8 Å². The van der Waals surface area contributed by atoms with Crippen LogP contribution in [0.2, 0.25) is 0 Å². The van der Waals surface area contributed by atoms with Gasteiger partial charge in [0.15, 0.2) is 0 Å². The van der Waals surface area contributed by atoms with Crippen LogP contribution in [-0.4, -0.2) is 0 Å². The van der Waals surface area contributed by atoms with E-state index >= 15 is 0 Å². The maximum atomic E-state index is 3.91. The molecule has 0 saturated carbocycles.